The van der Waals surface area contributed by atoms with Crippen LogP contribution in [0.15, 0.2) is 30.6 Å². The van der Waals surface area contributed by atoms with Gasteiger partial charge in [-0.2, -0.15) is 0 Å². The average molecular weight is 483 g/mol. The first-order valence-corrected chi connectivity index (χ1v) is 11.8. The van der Waals surface area contributed by atoms with E-state index < -0.39 is 30.2 Å². The number of aromatic amines is 1. The molecule has 35 heavy (non-hydrogen) atoms. The van der Waals surface area contributed by atoms with E-state index in [1.165, 1.54) is 12.3 Å². The summed E-state index contributed by atoms with van der Waals surface area (Å²) < 4.78 is 43.2. The number of aryl methyl sites for hydroxylation is 1. The smallest absolute Gasteiger partial charge is 0.308 e. The third-order valence-electron chi connectivity index (χ3n) is 7.70. The lowest BCUT2D eigenvalue weighted by Gasteiger charge is -2.47. The van der Waals surface area contributed by atoms with E-state index in [1.54, 1.807) is 16.8 Å². The molecule has 182 valence electrons. The second-order valence-electron chi connectivity index (χ2n) is 9.55. The van der Waals surface area contributed by atoms with Gasteiger partial charge >= 0.3 is 5.97 Å². The van der Waals surface area contributed by atoms with Crippen molar-refractivity contribution in [1.82, 2.24) is 19.5 Å². The fraction of sp³-hybridized carbons (Fsp3) is 0.400. The lowest BCUT2D eigenvalue weighted by atomic mass is 9.61. The van der Waals surface area contributed by atoms with Crippen molar-refractivity contribution in [3.05, 3.63) is 42.2 Å². The van der Waals surface area contributed by atoms with Crippen LogP contribution in [0.1, 0.15) is 25.7 Å². The number of carbonyl (C=O) groups is 1. The first-order chi connectivity index (χ1) is 16.9. The number of aliphatic carboxylic acids is 1. The summed E-state index contributed by atoms with van der Waals surface area (Å²) in [6.45, 7) is -0.509. The topological polar surface area (TPSA) is 95.8 Å². The number of hydrogen-bond donors (Lipinski definition) is 3. The highest BCUT2D eigenvalue weighted by Gasteiger charge is 2.47. The highest BCUT2D eigenvalue weighted by Crippen LogP contribution is 2.46. The molecule has 0 aliphatic heterocycles. The van der Waals surface area contributed by atoms with Crippen molar-refractivity contribution in [3.8, 4) is 11.4 Å². The first kappa shape index (κ1) is 21.9. The number of rotatable bonds is 6. The number of H-pyrrole nitrogens is 1. The third kappa shape index (κ3) is 3.54. The molecule has 3 aliphatic rings. The van der Waals surface area contributed by atoms with Crippen molar-refractivity contribution in [2.45, 2.75) is 38.3 Å². The number of aromatic nitrogens is 4. The van der Waals surface area contributed by atoms with Crippen molar-refractivity contribution in [3.63, 3.8) is 0 Å². The van der Waals surface area contributed by atoms with Gasteiger partial charge in [0.05, 0.1) is 23.4 Å². The molecule has 4 aromatic rings. The van der Waals surface area contributed by atoms with E-state index in [4.69, 9.17) is 4.98 Å². The SMILES string of the molecule is O=C(O)C1C2CCC(CC2)C1Nc1nc(-c2c[nH]c3c(F)cc(F)cc23)nc2c1ccn2CCF. The van der Waals surface area contributed by atoms with E-state index >= 15 is 0 Å². The zero-order valence-electron chi connectivity index (χ0n) is 18.8. The molecule has 2 bridgehead atoms. The van der Waals surface area contributed by atoms with E-state index in [-0.39, 0.29) is 41.1 Å². The predicted octanol–water partition coefficient (Wildman–Crippen LogP) is 5.13. The highest BCUT2D eigenvalue weighted by molar-refractivity contribution is 5.96. The number of carboxylic acid groups (broad SMARTS) is 1. The summed E-state index contributed by atoms with van der Waals surface area (Å²) in [5, 5.41) is 14.3. The predicted molar refractivity (Wildman–Crippen MR) is 125 cm³/mol. The van der Waals surface area contributed by atoms with Crippen molar-refractivity contribution < 1.29 is 23.1 Å². The molecule has 7 nitrogen and oxygen atoms in total. The summed E-state index contributed by atoms with van der Waals surface area (Å²) in [4.78, 5) is 24.3. The Bertz CT molecular complexity index is 1440. The normalized spacial score (nSPS) is 23.9. The second kappa shape index (κ2) is 8.28. The number of hydrogen-bond acceptors (Lipinski definition) is 4. The summed E-state index contributed by atoms with van der Waals surface area (Å²) in [6.07, 6.45) is 6.95. The quantitative estimate of drug-likeness (QED) is 0.353. The number of nitrogens with zero attached hydrogens (tertiary/aromatic N) is 3. The van der Waals surface area contributed by atoms with Crippen LogP contribution in [0.3, 0.4) is 0 Å². The molecule has 1 aromatic carbocycles. The number of carboxylic acids is 1. The lowest BCUT2D eigenvalue weighted by molar-refractivity contribution is -0.148. The van der Waals surface area contributed by atoms with Crippen LogP contribution in [0.5, 0.6) is 0 Å². The molecule has 0 amide bonds. The third-order valence-corrected chi connectivity index (χ3v) is 7.70. The Morgan fingerprint density at radius 1 is 1.14 bits per heavy atom. The number of benzene rings is 1. The van der Waals surface area contributed by atoms with Gasteiger partial charge in [0.1, 0.15) is 29.8 Å². The van der Waals surface area contributed by atoms with Gasteiger partial charge in [0.25, 0.3) is 0 Å². The fourth-order valence-corrected chi connectivity index (χ4v) is 6.08. The summed E-state index contributed by atoms with van der Waals surface area (Å²) in [5.74, 6) is -1.82. The van der Waals surface area contributed by atoms with E-state index in [9.17, 15) is 23.1 Å². The zero-order valence-corrected chi connectivity index (χ0v) is 18.8. The molecular formula is C25H24F3N5O2. The molecule has 0 spiro atoms. The summed E-state index contributed by atoms with van der Waals surface area (Å²) in [5.41, 5.74) is 1.000. The van der Waals surface area contributed by atoms with Crippen molar-refractivity contribution >= 4 is 33.7 Å². The van der Waals surface area contributed by atoms with Gasteiger partial charge in [0, 0.05) is 35.5 Å². The molecule has 3 aliphatic carbocycles. The Labute approximate surface area is 198 Å². The van der Waals surface area contributed by atoms with Gasteiger partial charge in [0.2, 0.25) is 0 Å². The maximum absolute atomic E-state index is 14.3. The maximum Gasteiger partial charge on any atom is 0.308 e. The van der Waals surface area contributed by atoms with E-state index in [1.807, 2.05) is 0 Å². The summed E-state index contributed by atoms with van der Waals surface area (Å²) in [7, 11) is 0. The maximum atomic E-state index is 14.3. The number of fused-ring (bicyclic) bond motifs is 5. The van der Waals surface area contributed by atoms with E-state index in [0.717, 1.165) is 31.7 Å². The van der Waals surface area contributed by atoms with Crippen LogP contribution in [0.2, 0.25) is 0 Å². The Morgan fingerprint density at radius 2 is 1.91 bits per heavy atom. The molecule has 3 aromatic heterocycles. The summed E-state index contributed by atoms with van der Waals surface area (Å²) >= 11 is 0. The largest absolute Gasteiger partial charge is 0.481 e. The highest BCUT2D eigenvalue weighted by atomic mass is 19.1. The van der Waals surface area contributed by atoms with Gasteiger partial charge in [-0.05, 0) is 49.7 Å². The van der Waals surface area contributed by atoms with Crippen LogP contribution in [-0.4, -0.2) is 43.3 Å². The van der Waals surface area contributed by atoms with E-state index in [0.29, 0.717) is 22.4 Å². The van der Waals surface area contributed by atoms with Crippen molar-refractivity contribution in [1.29, 1.82) is 0 Å². The van der Waals surface area contributed by atoms with Gasteiger partial charge in [0.15, 0.2) is 5.82 Å². The van der Waals surface area contributed by atoms with Crippen LogP contribution < -0.4 is 5.32 Å². The number of alkyl halides is 1. The molecule has 7 rings (SSSR count). The van der Waals surface area contributed by atoms with Crippen LogP contribution in [0.4, 0.5) is 19.0 Å². The average Bonchev–Trinajstić information content (AvgIpc) is 3.44. The monoisotopic (exact) mass is 483 g/mol. The van der Waals surface area contributed by atoms with Crippen LogP contribution >= 0.6 is 0 Å². The molecule has 3 saturated carbocycles. The molecule has 2 unspecified atom stereocenters. The minimum Gasteiger partial charge on any atom is -0.481 e. The molecule has 3 fully saturated rings. The van der Waals surface area contributed by atoms with Gasteiger partial charge in [-0.25, -0.2) is 23.1 Å². The number of halogens is 3. The summed E-state index contributed by atoms with van der Waals surface area (Å²) in [6, 6.07) is 3.50. The minimum atomic E-state index is -0.819. The van der Waals surface area contributed by atoms with Crippen LogP contribution in [-0.2, 0) is 11.3 Å². The standard InChI is InChI=1S/C25H24F3N5O2/c26-6-8-33-7-5-15-22(30-20-13-3-1-12(2-4-13)19(20)25(34)35)31-23(32-24(15)33)17-11-29-21-16(17)9-14(27)10-18(21)28/h5,7,9-13,19-20,29H,1-4,6,8H2,(H,34,35)(H,30,31,32). The molecule has 3 heterocycles. The molecular weight excluding hydrogens is 459 g/mol. The molecule has 10 heteroatoms. The molecule has 0 saturated heterocycles. The molecule has 2 atom stereocenters. The van der Waals surface area contributed by atoms with Crippen LogP contribution in [0.25, 0.3) is 33.3 Å². The second-order valence-corrected chi connectivity index (χ2v) is 9.55. The van der Waals surface area contributed by atoms with Crippen LogP contribution in [0, 0.1) is 29.4 Å². The number of nitrogens with one attached hydrogen (secondary N) is 2. The van der Waals surface area contributed by atoms with Gasteiger partial charge in [-0.15, -0.1) is 0 Å². The fourth-order valence-electron chi connectivity index (χ4n) is 6.08. The number of anilines is 1. The minimum absolute atomic E-state index is 0.0857. The van der Waals surface area contributed by atoms with Crippen molar-refractivity contribution in [2.24, 2.45) is 17.8 Å². The lowest BCUT2D eigenvalue weighted by Crippen LogP contribution is -2.51. The molecule has 0 radical (unpaired) electrons. The van der Waals surface area contributed by atoms with Crippen molar-refractivity contribution in [2.75, 3.05) is 12.0 Å². The Morgan fingerprint density at radius 3 is 2.66 bits per heavy atom. The Hall–Kier alpha value is -3.56. The van der Waals surface area contributed by atoms with Gasteiger partial charge in [-0.3, -0.25) is 4.79 Å². The van der Waals surface area contributed by atoms with Gasteiger partial charge < -0.3 is 20.0 Å². The zero-order chi connectivity index (χ0) is 24.3. The Kier molecular flexibility index (Phi) is 5.19. The Balaban J connectivity index is 1.51. The molecule has 3 N–H and O–H groups in total. The van der Waals surface area contributed by atoms with Gasteiger partial charge in [-0.1, -0.05) is 0 Å². The van der Waals surface area contributed by atoms with E-state index in [2.05, 4.69) is 15.3 Å². The first-order valence-electron chi connectivity index (χ1n) is 11.8.